The van der Waals surface area contributed by atoms with Gasteiger partial charge in [-0.15, -0.1) is 0 Å². The van der Waals surface area contributed by atoms with E-state index in [0.717, 1.165) is 49.9 Å². The standard InChI is InChI=1S/C53H27F6N5/c54-52(55,56)38-19-20-39(45(26-38)53(57,58)59)44-27-50(63-46-7-3-1-5-40(46)42-23-35(17-21-48(42)63)33-13-9-31(28-60)10-14-33)37(30-62)25-51(44)64-47-8-4-2-6-41(47)43-24-36(18-22-49(43)64)34-15-11-32(29-61)12-16-34/h1-27H. The van der Waals surface area contributed by atoms with E-state index in [4.69, 9.17) is 0 Å². The fraction of sp³-hybridized carbons (Fsp3) is 0.0377. The number of para-hydroxylation sites is 2. The minimum absolute atomic E-state index is 0.0611. The van der Waals surface area contributed by atoms with Gasteiger partial charge < -0.3 is 9.13 Å². The van der Waals surface area contributed by atoms with E-state index in [2.05, 4.69) is 18.2 Å². The first-order valence-corrected chi connectivity index (χ1v) is 19.8. The number of nitriles is 3. The van der Waals surface area contributed by atoms with Gasteiger partial charge in [0.15, 0.2) is 0 Å². The summed E-state index contributed by atoms with van der Waals surface area (Å²) in [6, 6.07) is 51.3. The lowest BCUT2D eigenvalue weighted by Gasteiger charge is -2.22. The second-order valence-electron chi connectivity index (χ2n) is 15.3. The Bertz CT molecular complexity index is 3670. The molecule has 0 fully saturated rings. The van der Waals surface area contributed by atoms with Gasteiger partial charge in [-0.05, 0) is 113 Å². The number of benzene rings is 8. The normalized spacial score (nSPS) is 11.9. The molecule has 0 amide bonds. The van der Waals surface area contributed by atoms with E-state index in [1.165, 1.54) is 12.1 Å². The molecule has 11 heteroatoms. The first-order chi connectivity index (χ1) is 30.9. The molecule has 5 nitrogen and oxygen atoms in total. The van der Waals surface area contributed by atoms with Gasteiger partial charge in [0.1, 0.15) is 6.07 Å². The van der Waals surface area contributed by atoms with Gasteiger partial charge >= 0.3 is 12.4 Å². The van der Waals surface area contributed by atoms with E-state index in [1.54, 1.807) is 45.5 Å². The summed E-state index contributed by atoms with van der Waals surface area (Å²) in [6.07, 6.45) is -10.3. The van der Waals surface area contributed by atoms with Crippen LogP contribution < -0.4 is 0 Å². The van der Waals surface area contributed by atoms with E-state index in [9.17, 15) is 29.0 Å². The summed E-state index contributed by atoms with van der Waals surface area (Å²) in [6.45, 7) is 0. The average Bonchev–Trinajstić information content (AvgIpc) is 3.82. The molecule has 0 bridgehead atoms. The van der Waals surface area contributed by atoms with E-state index in [0.29, 0.717) is 39.3 Å². The molecule has 306 valence electrons. The second-order valence-corrected chi connectivity index (χ2v) is 15.3. The molecule has 2 aromatic heterocycles. The molecule has 0 aliphatic carbocycles. The van der Waals surface area contributed by atoms with Crippen molar-refractivity contribution in [2.24, 2.45) is 0 Å². The molecule has 64 heavy (non-hydrogen) atoms. The molecule has 0 aliphatic heterocycles. The van der Waals surface area contributed by atoms with Gasteiger partial charge in [-0.2, -0.15) is 42.1 Å². The highest BCUT2D eigenvalue weighted by molar-refractivity contribution is 6.12. The lowest BCUT2D eigenvalue weighted by molar-refractivity contribution is -0.142. The van der Waals surface area contributed by atoms with Crippen molar-refractivity contribution in [1.82, 2.24) is 9.13 Å². The zero-order chi connectivity index (χ0) is 44.5. The van der Waals surface area contributed by atoms with Gasteiger partial charge in [0.05, 0.1) is 73.4 Å². The number of nitrogens with zero attached hydrogens (tertiary/aromatic N) is 5. The Hall–Kier alpha value is -8.59. The molecule has 10 aromatic rings. The Kier molecular flexibility index (Phi) is 9.14. The van der Waals surface area contributed by atoms with Gasteiger partial charge in [-0.3, -0.25) is 0 Å². The molecule has 0 saturated heterocycles. The topological polar surface area (TPSA) is 81.2 Å². The second kappa shape index (κ2) is 14.8. The van der Waals surface area contributed by atoms with Crippen LogP contribution in [0.3, 0.4) is 0 Å². The van der Waals surface area contributed by atoms with E-state index >= 15 is 13.2 Å². The number of rotatable bonds is 5. The molecule has 0 saturated carbocycles. The van der Waals surface area contributed by atoms with E-state index < -0.39 is 29.0 Å². The lowest BCUT2D eigenvalue weighted by Crippen LogP contribution is -2.13. The van der Waals surface area contributed by atoms with Crippen LogP contribution in [0.4, 0.5) is 26.3 Å². The summed E-state index contributed by atoms with van der Waals surface area (Å²) in [5, 5.41) is 32.7. The molecular formula is C53H27F6N5. The predicted molar refractivity (Wildman–Crippen MR) is 236 cm³/mol. The van der Waals surface area contributed by atoms with Crippen LogP contribution in [0.25, 0.3) is 88.4 Å². The van der Waals surface area contributed by atoms with Crippen molar-refractivity contribution in [3.63, 3.8) is 0 Å². The highest BCUT2D eigenvalue weighted by Crippen LogP contribution is 2.46. The fourth-order valence-electron chi connectivity index (χ4n) is 8.74. The maximum Gasteiger partial charge on any atom is 0.417 e. The smallest absolute Gasteiger partial charge is 0.309 e. The minimum atomic E-state index is -5.21. The third-order valence-electron chi connectivity index (χ3n) is 11.7. The largest absolute Gasteiger partial charge is 0.417 e. The Morgan fingerprint density at radius 3 is 1.31 bits per heavy atom. The Balaban J connectivity index is 1.29. The van der Waals surface area contributed by atoms with E-state index in [1.807, 2.05) is 97.1 Å². The zero-order valence-corrected chi connectivity index (χ0v) is 33.1. The summed E-state index contributed by atoms with van der Waals surface area (Å²) in [4.78, 5) is 0. The Labute approximate surface area is 360 Å². The molecule has 10 rings (SSSR count). The molecule has 0 N–H and O–H groups in total. The highest BCUT2D eigenvalue weighted by atomic mass is 19.4. The van der Waals surface area contributed by atoms with Crippen molar-refractivity contribution in [3.8, 4) is 63.0 Å². The third kappa shape index (κ3) is 6.48. The zero-order valence-electron chi connectivity index (χ0n) is 33.1. The molecule has 2 heterocycles. The van der Waals surface area contributed by atoms with Crippen LogP contribution in [0.2, 0.25) is 0 Å². The number of hydrogen-bond acceptors (Lipinski definition) is 3. The summed E-state index contributed by atoms with van der Waals surface area (Å²) in [7, 11) is 0. The van der Waals surface area contributed by atoms with Gasteiger partial charge in [0, 0.05) is 27.1 Å². The SMILES string of the molecule is N#Cc1ccc(-c2ccc3c(c2)c2ccccc2n3-c2cc(-c3ccc(C(F)(F)F)cc3C(F)(F)F)c(-n3c4ccccc4c4cc(-c5ccc(C#N)cc5)ccc43)cc2C#N)cc1. The molecule has 0 unspecified atom stereocenters. The number of alkyl halides is 6. The van der Waals surface area contributed by atoms with Crippen LogP contribution in [0.1, 0.15) is 27.8 Å². The van der Waals surface area contributed by atoms with Gasteiger partial charge in [-0.1, -0.05) is 78.9 Å². The van der Waals surface area contributed by atoms with Crippen LogP contribution in [0.5, 0.6) is 0 Å². The minimum Gasteiger partial charge on any atom is -0.309 e. The Morgan fingerprint density at radius 1 is 0.375 bits per heavy atom. The third-order valence-corrected chi connectivity index (χ3v) is 11.7. The molecule has 8 aromatic carbocycles. The predicted octanol–water partition coefficient (Wildman–Crippen LogP) is 14.5. The maximum absolute atomic E-state index is 15.2. The van der Waals surface area contributed by atoms with Crippen LogP contribution in [0, 0.1) is 34.0 Å². The molecular weight excluding hydrogens is 821 g/mol. The first-order valence-electron chi connectivity index (χ1n) is 19.8. The summed E-state index contributed by atoms with van der Waals surface area (Å²) in [5.41, 5.74) is 3.68. The van der Waals surface area contributed by atoms with Crippen LogP contribution in [0.15, 0.2) is 164 Å². The van der Waals surface area contributed by atoms with Crippen molar-refractivity contribution in [2.45, 2.75) is 12.4 Å². The average molecular weight is 848 g/mol. The van der Waals surface area contributed by atoms with Crippen LogP contribution in [-0.4, -0.2) is 9.13 Å². The first kappa shape index (κ1) is 39.5. The number of aromatic nitrogens is 2. The number of hydrogen-bond donors (Lipinski definition) is 0. The van der Waals surface area contributed by atoms with Crippen LogP contribution in [-0.2, 0) is 12.4 Å². The quantitative estimate of drug-likeness (QED) is 0.162. The van der Waals surface area contributed by atoms with Crippen molar-refractivity contribution in [1.29, 1.82) is 15.8 Å². The van der Waals surface area contributed by atoms with Crippen LogP contribution >= 0.6 is 0 Å². The monoisotopic (exact) mass is 847 g/mol. The van der Waals surface area contributed by atoms with Gasteiger partial charge in [-0.25, -0.2) is 0 Å². The lowest BCUT2D eigenvalue weighted by atomic mass is 9.93. The van der Waals surface area contributed by atoms with Crippen molar-refractivity contribution in [2.75, 3.05) is 0 Å². The van der Waals surface area contributed by atoms with Crippen molar-refractivity contribution >= 4 is 43.6 Å². The molecule has 0 atom stereocenters. The van der Waals surface area contributed by atoms with Gasteiger partial charge in [0.2, 0.25) is 0 Å². The summed E-state index contributed by atoms with van der Waals surface area (Å²) in [5.74, 6) is 0. The summed E-state index contributed by atoms with van der Waals surface area (Å²) >= 11 is 0. The molecule has 0 spiro atoms. The van der Waals surface area contributed by atoms with E-state index in [-0.39, 0.29) is 28.6 Å². The van der Waals surface area contributed by atoms with Crippen molar-refractivity contribution in [3.05, 3.63) is 192 Å². The summed E-state index contributed by atoms with van der Waals surface area (Å²) < 4.78 is 91.6. The fourth-order valence-corrected chi connectivity index (χ4v) is 8.74. The number of halogens is 6. The van der Waals surface area contributed by atoms with Crippen molar-refractivity contribution < 1.29 is 26.3 Å². The Morgan fingerprint density at radius 2 is 0.844 bits per heavy atom. The maximum atomic E-state index is 15.2. The highest BCUT2D eigenvalue weighted by Gasteiger charge is 2.39. The number of fused-ring (bicyclic) bond motifs is 6. The molecule has 0 aliphatic rings. The molecule has 0 radical (unpaired) electrons. The van der Waals surface area contributed by atoms with Gasteiger partial charge in [0.25, 0.3) is 0 Å².